The fourth-order valence-electron chi connectivity index (χ4n) is 2.64. The Bertz CT molecular complexity index is 476. The van der Waals surface area contributed by atoms with Gasteiger partial charge >= 0.3 is 0 Å². The van der Waals surface area contributed by atoms with E-state index in [1.165, 1.54) is 6.07 Å². The van der Waals surface area contributed by atoms with Gasteiger partial charge in [-0.05, 0) is 50.4 Å². The molecule has 110 valence electrons. The molecular formula is C16H23FN2O. The maximum atomic E-state index is 13.9. The summed E-state index contributed by atoms with van der Waals surface area (Å²) in [5.74, 6) is -0.607. The second kappa shape index (κ2) is 6.84. The topological polar surface area (TPSA) is 32.3 Å². The summed E-state index contributed by atoms with van der Waals surface area (Å²) in [6.07, 6.45) is 3.14. The standard InChI is InChI=1S/C16H23FN2O/c1-3-8-18-13-5-4-9-19(11-13)16(20)14-7-6-12(2)10-15(14)17/h6-7,10,13,18H,3-5,8-9,11H2,1-2H3. The van der Waals surface area contributed by atoms with E-state index in [1.54, 1.807) is 17.0 Å². The number of carbonyl (C=O) groups is 1. The summed E-state index contributed by atoms with van der Waals surface area (Å²) >= 11 is 0. The molecule has 1 fully saturated rings. The third kappa shape index (κ3) is 3.57. The molecule has 3 nitrogen and oxygen atoms in total. The van der Waals surface area contributed by atoms with Gasteiger partial charge in [-0.3, -0.25) is 4.79 Å². The van der Waals surface area contributed by atoms with Gasteiger partial charge in [-0.1, -0.05) is 13.0 Å². The summed E-state index contributed by atoms with van der Waals surface area (Å²) < 4.78 is 13.9. The molecule has 2 rings (SSSR count). The van der Waals surface area contributed by atoms with Crippen LogP contribution in [0.1, 0.15) is 42.1 Å². The molecule has 0 aromatic heterocycles. The van der Waals surface area contributed by atoms with Gasteiger partial charge in [0.25, 0.3) is 5.91 Å². The van der Waals surface area contributed by atoms with E-state index in [2.05, 4.69) is 12.2 Å². The molecule has 1 aromatic rings. The van der Waals surface area contributed by atoms with E-state index >= 15 is 0 Å². The number of hydrogen-bond donors (Lipinski definition) is 1. The van der Waals surface area contributed by atoms with Crippen molar-refractivity contribution in [2.24, 2.45) is 0 Å². The maximum absolute atomic E-state index is 13.9. The number of likely N-dealkylation sites (tertiary alicyclic amines) is 1. The third-order valence-corrected chi connectivity index (χ3v) is 3.75. The van der Waals surface area contributed by atoms with Crippen molar-refractivity contribution in [2.45, 2.75) is 39.2 Å². The normalized spacial score (nSPS) is 19.1. The van der Waals surface area contributed by atoms with Gasteiger partial charge in [-0.2, -0.15) is 0 Å². The molecule has 1 heterocycles. The molecular weight excluding hydrogens is 255 g/mol. The quantitative estimate of drug-likeness (QED) is 0.918. The van der Waals surface area contributed by atoms with E-state index in [4.69, 9.17) is 0 Å². The van der Waals surface area contributed by atoms with Gasteiger partial charge in [0.05, 0.1) is 5.56 Å². The molecule has 0 bridgehead atoms. The summed E-state index contributed by atoms with van der Waals surface area (Å²) in [6.45, 7) is 6.30. The first-order valence-corrected chi connectivity index (χ1v) is 7.40. The minimum Gasteiger partial charge on any atom is -0.337 e. The lowest BCUT2D eigenvalue weighted by Crippen LogP contribution is -2.48. The van der Waals surface area contributed by atoms with Crippen LogP contribution in [0, 0.1) is 12.7 Å². The Balaban J connectivity index is 2.04. The molecule has 1 amide bonds. The lowest BCUT2D eigenvalue weighted by atomic mass is 10.0. The van der Waals surface area contributed by atoms with Crippen LogP contribution in [0.2, 0.25) is 0 Å². The number of aryl methyl sites for hydroxylation is 1. The Morgan fingerprint density at radius 3 is 3.00 bits per heavy atom. The summed E-state index contributed by atoms with van der Waals surface area (Å²) in [5, 5.41) is 3.44. The molecule has 1 aliphatic heterocycles. The molecule has 1 saturated heterocycles. The van der Waals surface area contributed by atoms with E-state index in [0.717, 1.165) is 37.9 Å². The van der Waals surface area contributed by atoms with E-state index in [0.29, 0.717) is 12.6 Å². The Morgan fingerprint density at radius 2 is 2.30 bits per heavy atom. The zero-order valence-corrected chi connectivity index (χ0v) is 12.3. The molecule has 1 unspecified atom stereocenters. The van der Waals surface area contributed by atoms with Crippen LogP contribution in [0.15, 0.2) is 18.2 Å². The Labute approximate surface area is 120 Å². The first kappa shape index (κ1) is 15.0. The van der Waals surface area contributed by atoms with Crippen molar-refractivity contribution in [1.29, 1.82) is 0 Å². The zero-order chi connectivity index (χ0) is 14.5. The molecule has 1 N–H and O–H groups in total. The van der Waals surface area contributed by atoms with E-state index in [9.17, 15) is 9.18 Å². The van der Waals surface area contributed by atoms with Crippen molar-refractivity contribution in [1.82, 2.24) is 10.2 Å². The highest BCUT2D eigenvalue weighted by atomic mass is 19.1. The number of nitrogens with one attached hydrogen (secondary N) is 1. The summed E-state index contributed by atoms with van der Waals surface area (Å²) in [4.78, 5) is 14.2. The molecule has 0 spiro atoms. The molecule has 1 atom stereocenters. The number of benzene rings is 1. The van der Waals surface area contributed by atoms with Crippen molar-refractivity contribution in [2.75, 3.05) is 19.6 Å². The number of rotatable bonds is 4. The Morgan fingerprint density at radius 1 is 1.50 bits per heavy atom. The average Bonchev–Trinajstić information content (AvgIpc) is 2.45. The SMILES string of the molecule is CCCNC1CCCN(C(=O)c2ccc(C)cc2F)C1. The molecule has 1 aromatic carbocycles. The summed E-state index contributed by atoms with van der Waals surface area (Å²) in [5.41, 5.74) is 1.02. The number of hydrogen-bond acceptors (Lipinski definition) is 2. The zero-order valence-electron chi connectivity index (χ0n) is 12.3. The van der Waals surface area contributed by atoms with Gasteiger partial charge in [0.1, 0.15) is 5.82 Å². The van der Waals surface area contributed by atoms with E-state index in [-0.39, 0.29) is 11.5 Å². The number of amides is 1. The predicted octanol–water partition coefficient (Wildman–Crippen LogP) is 2.74. The number of nitrogens with zero attached hydrogens (tertiary/aromatic N) is 1. The van der Waals surface area contributed by atoms with Crippen LogP contribution in [0.5, 0.6) is 0 Å². The highest BCUT2D eigenvalue weighted by molar-refractivity contribution is 5.94. The average molecular weight is 278 g/mol. The Hall–Kier alpha value is -1.42. The van der Waals surface area contributed by atoms with Crippen molar-refractivity contribution < 1.29 is 9.18 Å². The second-order valence-electron chi connectivity index (χ2n) is 5.53. The van der Waals surface area contributed by atoms with Crippen molar-refractivity contribution >= 4 is 5.91 Å². The number of carbonyl (C=O) groups excluding carboxylic acids is 1. The molecule has 4 heteroatoms. The fourth-order valence-corrected chi connectivity index (χ4v) is 2.64. The predicted molar refractivity (Wildman–Crippen MR) is 78.4 cm³/mol. The van der Waals surface area contributed by atoms with Gasteiger partial charge in [0.15, 0.2) is 0 Å². The minimum atomic E-state index is -0.418. The lowest BCUT2D eigenvalue weighted by Gasteiger charge is -2.33. The first-order valence-electron chi connectivity index (χ1n) is 7.40. The van der Waals surface area contributed by atoms with Gasteiger partial charge in [0, 0.05) is 19.1 Å². The summed E-state index contributed by atoms with van der Waals surface area (Å²) in [6, 6.07) is 5.13. The van der Waals surface area contributed by atoms with Crippen LogP contribution in [0.25, 0.3) is 0 Å². The van der Waals surface area contributed by atoms with Crippen LogP contribution in [-0.2, 0) is 0 Å². The van der Waals surface area contributed by atoms with Gasteiger partial charge < -0.3 is 10.2 Å². The second-order valence-corrected chi connectivity index (χ2v) is 5.53. The minimum absolute atomic E-state index is 0.187. The highest BCUT2D eigenvalue weighted by Gasteiger charge is 2.25. The highest BCUT2D eigenvalue weighted by Crippen LogP contribution is 2.17. The Kier molecular flexibility index (Phi) is 5.12. The number of piperidine rings is 1. The smallest absolute Gasteiger partial charge is 0.256 e. The van der Waals surface area contributed by atoms with E-state index < -0.39 is 5.82 Å². The van der Waals surface area contributed by atoms with Crippen LogP contribution in [0.3, 0.4) is 0 Å². The molecule has 20 heavy (non-hydrogen) atoms. The van der Waals surface area contributed by atoms with Crippen molar-refractivity contribution in [3.63, 3.8) is 0 Å². The van der Waals surface area contributed by atoms with Gasteiger partial charge in [-0.25, -0.2) is 4.39 Å². The van der Waals surface area contributed by atoms with Crippen molar-refractivity contribution in [3.05, 3.63) is 35.1 Å². The lowest BCUT2D eigenvalue weighted by molar-refractivity contribution is 0.0690. The largest absolute Gasteiger partial charge is 0.337 e. The first-order chi connectivity index (χ1) is 9.61. The van der Waals surface area contributed by atoms with Crippen LogP contribution >= 0.6 is 0 Å². The van der Waals surface area contributed by atoms with Crippen LogP contribution in [0.4, 0.5) is 4.39 Å². The van der Waals surface area contributed by atoms with Gasteiger partial charge in [0.2, 0.25) is 0 Å². The van der Waals surface area contributed by atoms with Crippen molar-refractivity contribution in [3.8, 4) is 0 Å². The third-order valence-electron chi connectivity index (χ3n) is 3.75. The molecule has 1 aliphatic rings. The van der Waals surface area contributed by atoms with Crippen LogP contribution < -0.4 is 5.32 Å². The molecule has 0 aliphatic carbocycles. The number of halogens is 1. The fraction of sp³-hybridized carbons (Fsp3) is 0.562. The maximum Gasteiger partial charge on any atom is 0.256 e. The molecule has 0 saturated carbocycles. The molecule has 0 radical (unpaired) electrons. The summed E-state index contributed by atoms with van der Waals surface area (Å²) in [7, 11) is 0. The van der Waals surface area contributed by atoms with Crippen LogP contribution in [-0.4, -0.2) is 36.5 Å². The van der Waals surface area contributed by atoms with E-state index in [1.807, 2.05) is 6.92 Å². The monoisotopic (exact) mass is 278 g/mol. The van der Waals surface area contributed by atoms with Gasteiger partial charge in [-0.15, -0.1) is 0 Å².